The summed E-state index contributed by atoms with van der Waals surface area (Å²) in [5.41, 5.74) is 0.141. The van der Waals surface area contributed by atoms with Gasteiger partial charge in [0, 0.05) is 12.1 Å². The van der Waals surface area contributed by atoms with Crippen LogP contribution in [-0.4, -0.2) is 40.1 Å². The predicted octanol–water partition coefficient (Wildman–Crippen LogP) is 3.64. The minimum absolute atomic E-state index is 0.0153. The third kappa shape index (κ3) is 5.32. The van der Waals surface area contributed by atoms with Crippen molar-refractivity contribution in [3.05, 3.63) is 42.2 Å². The molecule has 0 fully saturated rings. The van der Waals surface area contributed by atoms with Crippen LogP contribution < -0.4 is 20.1 Å². The van der Waals surface area contributed by atoms with E-state index in [9.17, 15) is 17.6 Å². The van der Waals surface area contributed by atoms with E-state index in [-0.39, 0.29) is 45.8 Å². The van der Waals surface area contributed by atoms with Crippen LogP contribution in [0.5, 0.6) is 11.5 Å². The molecule has 0 bridgehead atoms. The van der Waals surface area contributed by atoms with Gasteiger partial charge in [-0.15, -0.1) is 0 Å². The van der Waals surface area contributed by atoms with Gasteiger partial charge in [0.1, 0.15) is 19.0 Å². The summed E-state index contributed by atoms with van der Waals surface area (Å²) < 4.78 is 51.5. The molecule has 0 saturated heterocycles. The molecule has 0 spiro atoms. The summed E-state index contributed by atoms with van der Waals surface area (Å²) in [6.07, 6.45) is 0. The van der Waals surface area contributed by atoms with Gasteiger partial charge in [-0.2, -0.15) is 0 Å². The quantitative estimate of drug-likeness (QED) is 0.620. The topological polar surface area (TPSA) is 93.7 Å². The number of nitrogens with one attached hydrogen (secondary N) is 2. The summed E-state index contributed by atoms with van der Waals surface area (Å²) in [5, 5.41) is 5.81. The van der Waals surface area contributed by atoms with Gasteiger partial charge in [-0.05, 0) is 42.2 Å². The Hall–Kier alpha value is -2.81. The maximum absolute atomic E-state index is 14.0. The Balaban J connectivity index is 1.84. The van der Waals surface area contributed by atoms with Crippen molar-refractivity contribution in [1.82, 2.24) is 5.32 Å². The molecular formula is C23H29FN2O5S. The Morgan fingerprint density at radius 1 is 1.00 bits per heavy atom. The highest BCUT2D eigenvalue weighted by atomic mass is 32.2. The van der Waals surface area contributed by atoms with Crippen molar-refractivity contribution in [3.63, 3.8) is 0 Å². The van der Waals surface area contributed by atoms with Crippen molar-refractivity contribution in [2.24, 2.45) is 11.8 Å². The first-order valence-corrected chi connectivity index (χ1v) is 12.1. The lowest BCUT2D eigenvalue weighted by atomic mass is 9.93. The first-order valence-electron chi connectivity index (χ1n) is 10.6. The van der Waals surface area contributed by atoms with Crippen LogP contribution in [0, 0.1) is 17.7 Å². The van der Waals surface area contributed by atoms with Crippen LogP contribution in [-0.2, 0) is 14.6 Å². The van der Waals surface area contributed by atoms with Crippen molar-refractivity contribution >= 4 is 21.4 Å². The van der Waals surface area contributed by atoms with E-state index in [1.165, 1.54) is 24.3 Å². The summed E-state index contributed by atoms with van der Waals surface area (Å²) in [4.78, 5) is 12.2. The van der Waals surface area contributed by atoms with Crippen LogP contribution in [0.3, 0.4) is 0 Å². The normalized spacial score (nSPS) is 13.5. The highest BCUT2D eigenvalue weighted by molar-refractivity contribution is 7.91. The lowest BCUT2D eigenvalue weighted by molar-refractivity contribution is -0.120. The molecule has 7 nitrogen and oxygen atoms in total. The number of hydrogen-bond acceptors (Lipinski definition) is 6. The van der Waals surface area contributed by atoms with Crippen molar-refractivity contribution in [1.29, 1.82) is 0 Å². The maximum Gasteiger partial charge on any atom is 0.239 e. The number of carbonyl (C=O) groups is 1. The molecular weight excluding hydrogens is 435 g/mol. The fourth-order valence-electron chi connectivity index (χ4n) is 3.70. The van der Waals surface area contributed by atoms with E-state index in [0.717, 1.165) is 12.1 Å². The fraction of sp³-hybridized carbons (Fsp3) is 0.435. The zero-order valence-corrected chi connectivity index (χ0v) is 19.5. The predicted molar refractivity (Wildman–Crippen MR) is 119 cm³/mol. The standard InChI is InChI=1S/C23H29FN2O5S/c1-14(2)23(15(3)4)26-22(27)13-25-18-7-5-16(24)11-21(18)32(28,29)17-6-8-19-20(12-17)31-10-9-30-19/h5-8,11-12,14-15,23,25H,9-10,13H2,1-4H3,(H,26,27). The van der Waals surface area contributed by atoms with Crippen LogP contribution in [0.1, 0.15) is 27.7 Å². The number of ether oxygens (including phenoxy) is 2. The lowest BCUT2D eigenvalue weighted by Gasteiger charge is -2.26. The minimum Gasteiger partial charge on any atom is -0.486 e. The number of anilines is 1. The van der Waals surface area contributed by atoms with E-state index in [2.05, 4.69) is 10.6 Å². The number of sulfone groups is 1. The van der Waals surface area contributed by atoms with E-state index < -0.39 is 15.7 Å². The average molecular weight is 465 g/mol. The molecule has 32 heavy (non-hydrogen) atoms. The van der Waals surface area contributed by atoms with E-state index >= 15 is 0 Å². The molecule has 0 atom stereocenters. The summed E-state index contributed by atoms with van der Waals surface area (Å²) >= 11 is 0. The molecule has 2 aromatic rings. The van der Waals surface area contributed by atoms with Crippen LogP contribution in [0.2, 0.25) is 0 Å². The number of fused-ring (bicyclic) bond motifs is 1. The van der Waals surface area contributed by atoms with Crippen molar-refractivity contribution in [3.8, 4) is 11.5 Å². The van der Waals surface area contributed by atoms with Gasteiger partial charge in [0.25, 0.3) is 0 Å². The fourth-order valence-corrected chi connectivity index (χ4v) is 5.16. The number of carbonyl (C=O) groups excluding carboxylic acids is 1. The van der Waals surface area contributed by atoms with E-state index in [0.29, 0.717) is 24.7 Å². The molecule has 3 rings (SSSR count). The summed E-state index contributed by atoms with van der Waals surface area (Å²) in [6, 6.07) is 7.65. The molecule has 9 heteroatoms. The molecule has 0 radical (unpaired) electrons. The maximum atomic E-state index is 14.0. The Bertz CT molecular complexity index is 1080. The molecule has 1 amide bonds. The van der Waals surface area contributed by atoms with E-state index in [1.807, 2.05) is 27.7 Å². The molecule has 1 aliphatic rings. The van der Waals surface area contributed by atoms with Gasteiger partial charge in [0.2, 0.25) is 15.7 Å². The Morgan fingerprint density at radius 3 is 2.31 bits per heavy atom. The van der Waals surface area contributed by atoms with Gasteiger partial charge in [0.15, 0.2) is 11.5 Å². The average Bonchev–Trinajstić information content (AvgIpc) is 2.75. The van der Waals surface area contributed by atoms with Crippen LogP contribution in [0.15, 0.2) is 46.2 Å². The molecule has 2 aromatic carbocycles. The molecule has 1 heterocycles. The monoisotopic (exact) mass is 464 g/mol. The summed E-state index contributed by atoms with van der Waals surface area (Å²) in [6.45, 7) is 8.64. The zero-order valence-electron chi connectivity index (χ0n) is 18.6. The highest BCUT2D eigenvalue weighted by Crippen LogP contribution is 2.36. The van der Waals surface area contributed by atoms with Crippen molar-refractivity contribution in [2.75, 3.05) is 25.1 Å². The first kappa shape index (κ1) is 23.8. The molecule has 174 valence electrons. The first-order chi connectivity index (χ1) is 15.1. The smallest absolute Gasteiger partial charge is 0.239 e. The van der Waals surface area contributed by atoms with Gasteiger partial charge >= 0.3 is 0 Å². The summed E-state index contributed by atoms with van der Waals surface area (Å²) in [7, 11) is -4.09. The second-order valence-electron chi connectivity index (χ2n) is 8.38. The van der Waals surface area contributed by atoms with Crippen molar-refractivity contribution in [2.45, 2.75) is 43.5 Å². The number of amides is 1. The van der Waals surface area contributed by atoms with Crippen LogP contribution in [0.25, 0.3) is 0 Å². The number of benzene rings is 2. The van der Waals surface area contributed by atoms with Crippen molar-refractivity contribution < 1.29 is 27.1 Å². The van der Waals surface area contributed by atoms with E-state index in [1.54, 1.807) is 0 Å². The second-order valence-corrected chi connectivity index (χ2v) is 10.3. The van der Waals surface area contributed by atoms with Gasteiger partial charge in [-0.1, -0.05) is 27.7 Å². The van der Waals surface area contributed by atoms with E-state index in [4.69, 9.17) is 9.47 Å². The Labute approximate surface area is 188 Å². The van der Waals surface area contributed by atoms with Gasteiger partial charge < -0.3 is 20.1 Å². The minimum atomic E-state index is -4.09. The van der Waals surface area contributed by atoms with Gasteiger partial charge in [0.05, 0.1) is 22.0 Å². The molecule has 0 aromatic heterocycles. The number of rotatable bonds is 8. The largest absolute Gasteiger partial charge is 0.486 e. The third-order valence-corrected chi connectivity index (χ3v) is 7.05. The molecule has 0 unspecified atom stereocenters. The second kappa shape index (κ2) is 9.77. The lowest BCUT2D eigenvalue weighted by Crippen LogP contribution is -2.44. The molecule has 0 aliphatic carbocycles. The molecule has 1 aliphatic heterocycles. The Morgan fingerprint density at radius 2 is 1.66 bits per heavy atom. The third-order valence-electron chi connectivity index (χ3n) is 5.26. The molecule has 0 saturated carbocycles. The summed E-state index contributed by atoms with van der Waals surface area (Å²) in [5.74, 6) is 0.289. The highest BCUT2D eigenvalue weighted by Gasteiger charge is 2.26. The Kier molecular flexibility index (Phi) is 7.28. The van der Waals surface area contributed by atoms with Crippen LogP contribution >= 0.6 is 0 Å². The molecule has 2 N–H and O–H groups in total. The van der Waals surface area contributed by atoms with Gasteiger partial charge in [-0.3, -0.25) is 4.79 Å². The zero-order chi connectivity index (χ0) is 23.5. The number of hydrogen-bond donors (Lipinski definition) is 2. The SMILES string of the molecule is CC(C)C(NC(=O)CNc1ccc(F)cc1S(=O)(=O)c1ccc2c(c1)OCCO2)C(C)C. The van der Waals surface area contributed by atoms with Crippen LogP contribution in [0.4, 0.5) is 10.1 Å². The number of halogens is 1. The van der Waals surface area contributed by atoms with Gasteiger partial charge in [-0.25, -0.2) is 12.8 Å².